The molecule has 3 heteroatoms. The maximum absolute atomic E-state index is 11.2. The number of benzene rings is 1. The van der Waals surface area contributed by atoms with E-state index < -0.39 is 13.3 Å². The molecule has 1 N–H and O–H groups in total. The van der Waals surface area contributed by atoms with Crippen molar-refractivity contribution < 1.29 is 9.84 Å². The van der Waals surface area contributed by atoms with E-state index in [4.69, 9.17) is 4.74 Å². The first-order valence-corrected chi connectivity index (χ1v) is 10.6. The maximum Gasteiger partial charge on any atom is 0.118 e. The van der Waals surface area contributed by atoms with Crippen LogP contribution in [0.2, 0.25) is 18.1 Å². The molecular weight excluding hydrogens is 288 g/mol. The zero-order valence-corrected chi connectivity index (χ0v) is 15.7. The van der Waals surface area contributed by atoms with Crippen molar-refractivity contribution in [1.82, 2.24) is 0 Å². The fourth-order valence-electron chi connectivity index (χ4n) is 2.14. The average Bonchev–Trinajstić information content (AvgIpc) is 2.44. The lowest BCUT2D eigenvalue weighted by Gasteiger charge is -2.46. The van der Waals surface area contributed by atoms with Crippen molar-refractivity contribution >= 4 is 8.07 Å². The summed E-state index contributed by atoms with van der Waals surface area (Å²) in [6.07, 6.45) is 2.26. The molecule has 0 aliphatic carbocycles. The Morgan fingerprint density at radius 3 is 2.18 bits per heavy atom. The molecule has 1 atom stereocenters. The van der Waals surface area contributed by atoms with Crippen molar-refractivity contribution in [3.8, 4) is 17.6 Å². The Hall–Kier alpha value is -1.50. The van der Waals surface area contributed by atoms with Crippen LogP contribution in [0, 0.1) is 11.8 Å². The Morgan fingerprint density at radius 1 is 1.23 bits per heavy atom. The van der Waals surface area contributed by atoms with Crippen LogP contribution in [-0.2, 0) is 0 Å². The van der Waals surface area contributed by atoms with Gasteiger partial charge in [-0.3, -0.25) is 0 Å². The molecule has 0 radical (unpaired) electrons. The molecule has 0 saturated heterocycles. The molecule has 0 spiro atoms. The number of methoxy groups -OCH3 is 1. The van der Waals surface area contributed by atoms with Crippen LogP contribution in [0.15, 0.2) is 36.9 Å². The van der Waals surface area contributed by atoms with Gasteiger partial charge >= 0.3 is 0 Å². The van der Waals surface area contributed by atoms with E-state index in [1.54, 1.807) is 13.2 Å². The van der Waals surface area contributed by atoms with Crippen LogP contribution in [0.5, 0.6) is 5.75 Å². The van der Waals surface area contributed by atoms with Gasteiger partial charge in [-0.1, -0.05) is 51.8 Å². The predicted octanol–water partition coefficient (Wildman–Crippen LogP) is 4.40. The van der Waals surface area contributed by atoms with Crippen molar-refractivity contribution in [3.63, 3.8) is 0 Å². The fraction of sp³-hybridized carbons (Fsp3) is 0.474. The van der Waals surface area contributed by atoms with E-state index in [2.05, 4.69) is 52.3 Å². The van der Waals surface area contributed by atoms with Gasteiger partial charge in [0.1, 0.15) is 19.0 Å². The minimum atomic E-state index is -2.07. The van der Waals surface area contributed by atoms with Crippen LogP contribution < -0.4 is 4.74 Å². The molecule has 22 heavy (non-hydrogen) atoms. The third-order valence-corrected chi connectivity index (χ3v) is 11.0. The molecule has 1 unspecified atom stereocenters. The number of hydrogen-bond acceptors (Lipinski definition) is 2. The highest BCUT2D eigenvalue weighted by Crippen LogP contribution is 2.44. The highest BCUT2D eigenvalue weighted by Gasteiger charge is 2.51. The molecule has 0 aromatic heterocycles. The zero-order valence-electron chi connectivity index (χ0n) is 14.7. The van der Waals surface area contributed by atoms with Gasteiger partial charge in [0.2, 0.25) is 0 Å². The second kappa shape index (κ2) is 6.72. The second-order valence-electron chi connectivity index (χ2n) is 7.21. The summed E-state index contributed by atoms with van der Waals surface area (Å²) in [7, 11) is -0.425. The molecule has 0 heterocycles. The molecule has 0 aliphatic rings. The Bertz CT molecular complexity index is 570. The van der Waals surface area contributed by atoms with E-state index in [-0.39, 0.29) is 5.04 Å². The minimum Gasteiger partial charge on any atom is -0.497 e. The van der Waals surface area contributed by atoms with Gasteiger partial charge in [0, 0.05) is 12.0 Å². The van der Waals surface area contributed by atoms with Crippen LogP contribution >= 0.6 is 0 Å². The average molecular weight is 317 g/mol. The van der Waals surface area contributed by atoms with E-state index in [9.17, 15) is 5.11 Å². The van der Waals surface area contributed by atoms with Crippen LogP contribution in [0.1, 0.15) is 32.8 Å². The van der Waals surface area contributed by atoms with Crippen LogP contribution in [0.4, 0.5) is 0 Å². The SMILES string of the molecule is C=CCC(O)(C#Cc1ccc(OC)cc1)[Si](C)(C)C(C)(C)C. The monoisotopic (exact) mass is 316 g/mol. The summed E-state index contributed by atoms with van der Waals surface area (Å²) < 4.78 is 5.15. The number of hydrogen-bond donors (Lipinski definition) is 1. The highest BCUT2D eigenvalue weighted by atomic mass is 28.3. The largest absolute Gasteiger partial charge is 0.497 e. The smallest absolute Gasteiger partial charge is 0.118 e. The zero-order chi connectivity index (χ0) is 17.0. The molecule has 0 saturated carbocycles. The van der Waals surface area contributed by atoms with Gasteiger partial charge in [-0.15, -0.1) is 6.58 Å². The molecule has 0 fully saturated rings. The van der Waals surface area contributed by atoms with Gasteiger partial charge in [0.15, 0.2) is 0 Å². The molecule has 0 amide bonds. The van der Waals surface area contributed by atoms with E-state index in [0.29, 0.717) is 6.42 Å². The van der Waals surface area contributed by atoms with E-state index in [0.717, 1.165) is 11.3 Å². The van der Waals surface area contributed by atoms with E-state index in [1.807, 2.05) is 24.3 Å². The lowest BCUT2D eigenvalue weighted by molar-refractivity contribution is 0.173. The predicted molar refractivity (Wildman–Crippen MR) is 96.8 cm³/mol. The standard InChI is InChI=1S/C19H28O2Si/c1-8-14-19(20,22(6,7)18(2,3)4)15-13-16-9-11-17(21-5)12-10-16/h8-12,20H,1,14H2,2-7H3. The van der Waals surface area contributed by atoms with Crippen molar-refractivity contribution in [2.75, 3.05) is 7.11 Å². The normalized spacial score (nSPS) is 14.5. The van der Waals surface area contributed by atoms with Crippen molar-refractivity contribution in [2.45, 2.75) is 50.5 Å². The van der Waals surface area contributed by atoms with Crippen LogP contribution in [-0.4, -0.2) is 25.5 Å². The van der Waals surface area contributed by atoms with Crippen LogP contribution in [0.25, 0.3) is 0 Å². The summed E-state index contributed by atoms with van der Waals surface area (Å²) in [5.41, 5.74) is 0.877. The summed E-state index contributed by atoms with van der Waals surface area (Å²) in [6.45, 7) is 14.7. The molecule has 2 nitrogen and oxygen atoms in total. The third-order valence-electron chi connectivity index (χ3n) is 4.85. The molecule has 1 rings (SSSR count). The van der Waals surface area contributed by atoms with Gasteiger partial charge in [0.25, 0.3) is 0 Å². The van der Waals surface area contributed by atoms with Crippen molar-refractivity contribution in [1.29, 1.82) is 0 Å². The Balaban J connectivity index is 3.21. The van der Waals surface area contributed by atoms with Crippen molar-refractivity contribution in [3.05, 3.63) is 42.5 Å². The minimum absolute atomic E-state index is 0.0410. The summed E-state index contributed by atoms with van der Waals surface area (Å²) in [5, 5.41) is 10.3. The topological polar surface area (TPSA) is 29.5 Å². The Labute approximate surface area is 136 Å². The maximum atomic E-state index is 11.2. The number of aliphatic hydroxyl groups is 1. The molecule has 0 aliphatic heterocycles. The highest BCUT2D eigenvalue weighted by molar-refractivity contribution is 6.83. The summed E-state index contributed by atoms with van der Waals surface area (Å²) >= 11 is 0. The van der Waals surface area contributed by atoms with Gasteiger partial charge in [-0.05, 0) is 29.3 Å². The Morgan fingerprint density at radius 2 is 1.77 bits per heavy atom. The lowest BCUT2D eigenvalue weighted by atomic mass is 10.2. The number of ether oxygens (including phenoxy) is 1. The van der Waals surface area contributed by atoms with E-state index in [1.165, 1.54) is 0 Å². The van der Waals surface area contributed by atoms with E-state index >= 15 is 0 Å². The van der Waals surface area contributed by atoms with Gasteiger partial charge in [-0.2, -0.15) is 0 Å². The molecule has 120 valence electrons. The van der Waals surface area contributed by atoms with Crippen LogP contribution in [0.3, 0.4) is 0 Å². The quantitative estimate of drug-likeness (QED) is 0.507. The first-order chi connectivity index (χ1) is 10.1. The molecular formula is C19H28O2Si. The Kier molecular flexibility index (Phi) is 5.67. The van der Waals surface area contributed by atoms with Gasteiger partial charge in [-0.25, -0.2) is 0 Å². The molecule has 1 aromatic carbocycles. The molecule has 0 bridgehead atoms. The van der Waals surface area contributed by atoms with Gasteiger partial charge < -0.3 is 9.84 Å². The van der Waals surface area contributed by atoms with Crippen molar-refractivity contribution in [2.24, 2.45) is 0 Å². The first kappa shape index (κ1) is 18.5. The summed E-state index contributed by atoms with van der Waals surface area (Å²) in [6, 6.07) is 7.57. The lowest BCUT2D eigenvalue weighted by Crippen LogP contribution is -2.58. The first-order valence-electron chi connectivity index (χ1n) is 7.58. The fourth-order valence-corrected chi connectivity index (χ4v) is 4.41. The second-order valence-corrected chi connectivity index (χ2v) is 12.8. The number of rotatable bonds is 4. The summed E-state index contributed by atoms with van der Waals surface area (Å²) in [5.74, 6) is 7.09. The summed E-state index contributed by atoms with van der Waals surface area (Å²) in [4.78, 5) is 0. The molecule has 1 aromatic rings. The van der Waals surface area contributed by atoms with Gasteiger partial charge in [0.05, 0.1) is 7.11 Å². The third kappa shape index (κ3) is 3.82.